The van der Waals surface area contributed by atoms with E-state index in [2.05, 4.69) is 16.4 Å². The lowest BCUT2D eigenvalue weighted by atomic mass is 9.67. The maximum Gasteiger partial charge on any atom is 0.237 e. The molecule has 1 amide bonds. The summed E-state index contributed by atoms with van der Waals surface area (Å²) in [6.45, 7) is 7.05. The Kier molecular flexibility index (Phi) is 4.83. The number of nitrogens with two attached hydrogens (primary N) is 1. The Labute approximate surface area is 169 Å². The summed E-state index contributed by atoms with van der Waals surface area (Å²) in [5.74, 6) is -0.657. The van der Waals surface area contributed by atoms with Crippen LogP contribution >= 0.6 is 0 Å². The van der Waals surface area contributed by atoms with Crippen molar-refractivity contribution in [3.8, 4) is 6.07 Å². The topological polar surface area (TPSA) is 94.5 Å². The minimum absolute atomic E-state index is 0.0479. The molecule has 0 bridgehead atoms. The van der Waals surface area contributed by atoms with E-state index in [1.54, 1.807) is 46.0 Å². The number of hydrogen-bond donors (Lipinski definition) is 2. The van der Waals surface area contributed by atoms with Crippen LogP contribution in [0, 0.1) is 29.5 Å². The van der Waals surface area contributed by atoms with E-state index in [9.17, 15) is 14.4 Å². The molecule has 1 heterocycles. The van der Waals surface area contributed by atoms with Crippen molar-refractivity contribution in [3.63, 3.8) is 0 Å². The number of rotatable bonds is 3. The van der Waals surface area contributed by atoms with Gasteiger partial charge in [0.25, 0.3) is 0 Å². The van der Waals surface area contributed by atoms with Gasteiger partial charge in [-0.25, -0.2) is 9.38 Å². The maximum atomic E-state index is 14.9. The molecule has 1 atom stereocenters. The normalized spacial score (nSPS) is 20.8. The van der Waals surface area contributed by atoms with E-state index in [1.807, 2.05) is 19.1 Å². The maximum absolute atomic E-state index is 14.9. The lowest BCUT2D eigenvalue weighted by Crippen LogP contribution is -2.58. The standard InChI is InChI=1S/C22H24FN5O/c1-13-6-7-15(10-14(13)12-24)26-16-8-9-18(23)17(11-16)22(4)21(2,3)19(29)28(5)20(25)27-22/h6-11,26H,1-5H3,(H2,25,27). The molecule has 0 saturated carbocycles. The molecule has 7 heteroatoms. The molecule has 0 aliphatic carbocycles. The molecular weight excluding hydrogens is 369 g/mol. The highest BCUT2D eigenvalue weighted by Crippen LogP contribution is 2.47. The molecule has 2 aromatic rings. The zero-order valence-corrected chi connectivity index (χ0v) is 17.2. The Morgan fingerprint density at radius 2 is 1.79 bits per heavy atom. The summed E-state index contributed by atoms with van der Waals surface area (Å²) in [6.07, 6.45) is 0. The van der Waals surface area contributed by atoms with Crippen molar-refractivity contribution < 1.29 is 9.18 Å². The molecule has 0 aromatic heterocycles. The monoisotopic (exact) mass is 393 g/mol. The molecule has 3 N–H and O–H groups in total. The second kappa shape index (κ2) is 6.89. The summed E-state index contributed by atoms with van der Waals surface area (Å²) >= 11 is 0. The van der Waals surface area contributed by atoms with E-state index >= 15 is 0 Å². The third-order valence-corrected chi connectivity index (χ3v) is 5.88. The van der Waals surface area contributed by atoms with Crippen molar-refractivity contribution in [2.75, 3.05) is 12.4 Å². The van der Waals surface area contributed by atoms with Gasteiger partial charge in [0.2, 0.25) is 5.91 Å². The Bertz CT molecular complexity index is 1070. The first-order chi connectivity index (χ1) is 13.5. The number of guanidine groups is 1. The highest BCUT2D eigenvalue weighted by molar-refractivity contribution is 6.01. The Balaban J connectivity index is 2.08. The van der Waals surface area contributed by atoms with Gasteiger partial charge in [-0.1, -0.05) is 6.07 Å². The van der Waals surface area contributed by atoms with Crippen LogP contribution in [0.5, 0.6) is 0 Å². The highest BCUT2D eigenvalue weighted by atomic mass is 19.1. The van der Waals surface area contributed by atoms with E-state index in [0.29, 0.717) is 16.9 Å². The minimum Gasteiger partial charge on any atom is -0.369 e. The van der Waals surface area contributed by atoms with Gasteiger partial charge in [-0.15, -0.1) is 0 Å². The molecule has 0 radical (unpaired) electrons. The van der Waals surface area contributed by atoms with Gasteiger partial charge in [0.1, 0.15) is 11.4 Å². The number of nitrogens with zero attached hydrogens (tertiary/aromatic N) is 3. The number of nitriles is 1. The van der Waals surface area contributed by atoms with E-state index < -0.39 is 16.8 Å². The van der Waals surface area contributed by atoms with Crippen LogP contribution in [0.3, 0.4) is 0 Å². The number of aliphatic imine (C=N–C) groups is 1. The van der Waals surface area contributed by atoms with Crippen LogP contribution in [-0.2, 0) is 10.3 Å². The number of halogens is 1. The molecule has 0 fully saturated rings. The van der Waals surface area contributed by atoms with Crippen LogP contribution < -0.4 is 11.1 Å². The van der Waals surface area contributed by atoms with Crippen LogP contribution in [0.4, 0.5) is 15.8 Å². The molecule has 2 aromatic carbocycles. The summed E-state index contributed by atoms with van der Waals surface area (Å²) in [7, 11) is 1.56. The number of carbonyl (C=O) groups excluding carboxylic acids is 1. The summed E-state index contributed by atoms with van der Waals surface area (Å²) in [4.78, 5) is 18.6. The van der Waals surface area contributed by atoms with Crippen molar-refractivity contribution in [1.82, 2.24) is 4.90 Å². The van der Waals surface area contributed by atoms with Crippen LogP contribution in [0.1, 0.15) is 37.5 Å². The van der Waals surface area contributed by atoms with Crippen molar-refractivity contribution in [3.05, 3.63) is 58.9 Å². The Morgan fingerprint density at radius 1 is 1.17 bits per heavy atom. The lowest BCUT2D eigenvalue weighted by molar-refractivity contribution is -0.140. The second-order valence-electron chi connectivity index (χ2n) is 7.99. The molecular formula is C22H24FN5O. The van der Waals surface area contributed by atoms with Crippen molar-refractivity contribution in [2.45, 2.75) is 33.2 Å². The fourth-order valence-corrected chi connectivity index (χ4v) is 3.54. The van der Waals surface area contributed by atoms with Crippen LogP contribution in [0.25, 0.3) is 0 Å². The molecule has 0 spiro atoms. The molecule has 29 heavy (non-hydrogen) atoms. The molecule has 150 valence electrons. The van der Waals surface area contributed by atoms with Crippen LogP contribution in [-0.4, -0.2) is 23.8 Å². The smallest absolute Gasteiger partial charge is 0.237 e. The summed E-state index contributed by atoms with van der Waals surface area (Å²) in [5, 5.41) is 12.4. The summed E-state index contributed by atoms with van der Waals surface area (Å²) < 4.78 is 14.9. The molecule has 3 rings (SSSR count). The zero-order chi connectivity index (χ0) is 21.6. The van der Waals surface area contributed by atoms with Gasteiger partial charge < -0.3 is 11.1 Å². The predicted octanol–water partition coefficient (Wildman–Crippen LogP) is 3.78. The number of anilines is 2. The van der Waals surface area contributed by atoms with Crippen molar-refractivity contribution in [1.29, 1.82) is 5.26 Å². The third kappa shape index (κ3) is 3.21. The number of hydrogen-bond acceptors (Lipinski definition) is 5. The average molecular weight is 393 g/mol. The average Bonchev–Trinajstić information content (AvgIpc) is 2.68. The van der Waals surface area contributed by atoms with E-state index in [1.165, 1.54) is 11.0 Å². The number of nitrogens with one attached hydrogen (secondary N) is 1. The minimum atomic E-state index is -1.19. The van der Waals surface area contributed by atoms with Crippen LogP contribution in [0.15, 0.2) is 41.4 Å². The molecule has 1 aliphatic heterocycles. The number of aryl methyl sites for hydroxylation is 1. The fraction of sp³-hybridized carbons (Fsp3) is 0.318. The number of carbonyl (C=O) groups is 1. The SMILES string of the molecule is Cc1ccc(Nc2ccc(F)c(C3(C)N=C(N)N(C)C(=O)C3(C)C)c2)cc1C#N. The van der Waals surface area contributed by atoms with E-state index in [-0.39, 0.29) is 17.4 Å². The highest BCUT2D eigenvalue weighted by Gasteiger charge is 2.53. The Morgan fingerprint density at radius 3 is 2.45 bits per heavy atom. The van der Waals surface area contributed by atoms with Gasteiger partial charge >= 0.3 is 0 Å². The van der Waals surface area contributed by atoms with E-state index in [0.717, 1.165) is 5.56 Å². The summed E-state index contributed by atoms with van der Waals surface area (Å²) in [6, 6.07) is 12.2. The predicted molar refractivity (Wildman–Crippen MR) is 111 cm³/mol. The number of benzene rings is 2. The lowest BCUT2D eigenvalue weighted by Gasteiger charge is -2.46. The van der Waals surface area contributed by atoms with Crippen LogP contribution in [0.2, 0.25) is 0 Å². The quantitative estimate of drug-likeness (QED) is 0.830. The van der Waals surface area contributed by atoms with Gasteiger partial charge in [-0.2, -0.15) is 5.26 Å². The largest absolute Gasteiger partial charge is 0.369 e. The van der Waals surface area contributed by atoms with Crippen molar-refractivity contribution >= 4 is 23.2 Å². The third-order valence-electron chi connectivity index (χ3n) is 5.88. The van der Waals surface area contributed by atoms with Gasteiger partial charge in [-0.05, 0) is 63.6 Å². The van der Waals surface area contributed by atoms with E-state index in [4.69, 9.17) is 5.73 Å². The molecule has 1 unspecified atom stereocenters. The molecule has 1 aliphatic rings. The second-order valence-corrected chi connectivity index (χ2v) is 7.99. The van der Waals surface area contributed by atoms with Gasteiger partial charge in [-0.3, -0.25) is 9.69 Å². The first-order valence-corrected chi connectivity index (χ1v) is 9.22. The van der Waals surface area contributed by atoms with Gasteiger partial charge in [0.15, 0.2) is 5.96 Å². The Hall–Kier alpha value is -3.40. The number of amides is 1. The van der Waals surface area contributed by atoms with Gasteiger partial charge in [0, 0.05) is 24.0 Å². The molecule has 6 nitrogen and oxygen atoms in total. The zero-order valence-electron chi connectivity index (χ0n) is 17.2. The fourth-order valence-electron chi connectivity index (χ4n) is 3.54. The molecule has 0 saturated heterocycles. The summed E-state index contributed by atoms with van der Waals surface area (Å²) in [5.41, 5.74) is 6.77. The first kappa shape index (κ1) is 20.3. The van der Waals surface area contributed by atoms with Crippen molar-refractivity contribution in [2.24, 2.45) is 16.1 Å². The first-order valence-electron chi connectivity index (χ1n) is 9.22. The van der Waals surface area contributed by atoms with Gasteiger partial charge in [0.05, 0.1) is 17.0 Å².